The third kappa shape index (κ3) is 3.67. The maximum Gasteiger partial charge on any atom is 0.338 e. The second-order valence-electron chi connectivity index (χ2n) is 6.01. The monoisotopic (exact) mass is 360 g/mol. The first-order valence-corrected chi connectivity index (χ1v) is 8.46. The van der Waals surface area contributed by atoms with Crippen LogP contribution in [0.4, 0.5) is 0 Å². The summed E-state index contributed by atoms with van der Waals surface area (Å²) in [4.78, 5) is 24.4. The van der Waals surface area contributed by atoms with Crippen LogP contribution in [-0.2, 0) is 4.74 Å². The number of hydrogen-bond donors (Lipinski definition) is 0. The largest absolute Gasteiger partial charge is 0.454 e. The first-order valence-electron chi connectivity index (χ1n) is 8.46. The van der Waals surface area contributed by atoms with Gasteiger partial charge in [-0.2, -0.15) is 0 Å². The topological polar surface area (TPSA) is 61.8 Å². The van der Waals surface area contributed by atoms with Crippen molar-refractivity contribution < 1.29 is 23.8 Å². The molecule has 1 aliphatic heterocycles. The number of rotatable bonds is 5. The van der Waals surface area contributed by atoms with Crippen molar-refractivity contribution in [2.24, 2.45) is 0 Å². The van der Waals surface area contributed by atoms with E-state index in [2.05, 4.69) is 0 Å². The molecule has 1 aliphatic rings. The van der Waals surface area contributed by atoms with E-state index in [0.717, 1.165) is 11.1 Å². The zero-order chi connectivity index (χ0) is 18.6. The molecule has 5 heteroatoms. The zero-order valence-electron chi connectivity index (χ0n) is 14.4. The molecule has 1 heterocycles. The summed E-state index contributed by atoms with van der Waals surface area (Å²) < 4.78 is 15.6. The van der Waals surface area contributed by atoms with Crippen molar-refractivity contribution in [3.63, 3.8) is 0 Å². The number of carbonyl (C=O) groups is 2. The van der Waals surface area contributed by atoms with Crippen molar-refractivity contribution >= 4 is 11.8 Å². The average Bonchev–Trinajstić information content (AvgIpc) is 3.20. The Morgan fingerprint density at radius 1 is 0.778 bits per heavy atom. The van der Waals surface area contributed by atoms with Gasteiger partial charge in [-0.15, -0.1) is 0 Å². The van der Waals surface area contributed by atoms with Gasteiger partial charge < -0.3 is 14.2 Å². The Balaban J connectivity index is 1.38. The van der Waals surface area contributed by atoms with Gasteiger partial charge in [-0.05, 0) is 29.3 Å². The van der Waals surface area contributed by atoms with Crippen molar-refractivity contribution in [2.45, 2.75) is 0 Å². The number of Topliss-reactive ketones (excluding diaryl/α,β-unsaturated/α-hetero) is 1. The fourth-order valence-corrected chi connectivity index (χ4v) is 2.80. The summed E-state index contributed by atoms with van der Waals surface area (Å²) >= 11 is 0. The molecule has 0 unspecified atom stereocenters. The van der Waals surface area contributed by atoms with Crippen LogP contribution in [0.2, 0.25) is 0 Å². The molecule has 0 atom stereocenters. The Hall–Kier alpha value is -3.60. The Morgan fingerprint density at radius 2 is 1.44 bits per heavy atom. The van der Waals surface area contributed by atoms with Gasteiger partial charge in [-0.25, -0.2) is 4.79 Å². The van der Waals surface area contributed by atoms with E-state index in [9.17, 15) is 9.59 Å². The highest BCUT2D eigenvalue weighted by molar-refractivity contribution is 5.99. The third-order valence-electron chi connectivity index (χ3n) is 4.26. The smallest absolute Gasteiger partial charge is 0.338 e. The Bertz CT molecular complexity index is 977. The first kappa shape index (κ1) is 16.8. The van der Waals surface area contributed by atoms with E-state index >= 15 is 0 Å². The molecular formula is C22H16O5. The van der Waals surface area contributed by atoms with E-state index < -0.39 is 5.97 Å². The number of hydrogen-bond acceptors (Lipinski definition) is 5. The van der Waals surface area contributed by atoms with Crippen molar-refractivity contribution in [1.29, 1.82) is 0 Å². The molecule has 0 N–H and O–H groups in total. The molecule has 0 saturated heterocycles. The minimum absolute atomic E-state index is 0.130. The standard InChI is InChI=1S/C22H16O5/c23-19(17-8-6-16(7-9-17)15-4-2-1-3-5-15)13-25-22(24)18-10-11-20-21(12-18)27-14-26-20/h1-12H,13-14H2. The lowest BCUT2D eigenvalue weighted by molar-refractivity contribution is 0.0474. The SMILES string of the molecule is O=C(COC(=O)c1ccc2c(c1)OCO2)c1ccc(-c2ccccc2)cc1. The summed E-state index contributed by atoms with van der Waals surface area (Å²) in [6, 6.07) is 21.9. The van der Waals surface area contributed by atoms with Gasteiger partial charge in [0.1, 0.15) is 0 Å². The van der Waals surface area contributed by atoms with Crippen LogP contribution in [0.1, 0.15) is 20.7 Å². The molecule has 0 saturated carbocycles. The van der Waals surface area contributed by atoms with Crippen LogP contribution in [-0.4, -0.2) is 25.2 Å². The second-order valence-corrected chi connectivity index (χ2v) is 6.01. The average molecular weight is 360 g/mol. The second kappa shape index (κ2) is 7.33. The molecule has 0 aliphatic carbocycles. The van der Waals surface area contributed by atoms with Crippen molar-refractivity contribution in [3.8, 4) is 22.6 Å². The predicted octanol–water partition coefficient (Wildman–Crippen LogP) is 4.12. The molecule has 4 rings (SSSR count). The molecule has 0 fully saturated rings. The Labute approximate surface area is 156 Å². The van der Waals surface area contributed by atoms with Crippen LogP contribution in [0, 0.1) is 0 Å². The summed E-state index contributed by atoms with van der Waals surface area (Å²) in [7, 11) is 0. The van der Waals surface area contributed by atoms with Gasteiger partial charge in [0.15, 0.2) is 23.9 Å². The summed E-state index contributed by atoms with van der Waals surface area (Å²) in [5, 5.41) is 0. The molecular weight excluding hydrogens is 344 g/mol. The van der Waals surface area contributed by atoms with E-state index in [4.69, 9.17) is 14.2 Å². The van der Waals surface area contributed by atoms with Crippen molar-refractivity contribution in [3.05, 3.63) is 83.9 Å². The normalized spacial score (nSPS) is 11.9. The summed E-state index contributed by atoms with van der Waals surface area (Å²) in [5.74, 6) is 0.236. The summed E-state index contributed by atoms with van der Waals surface area (Å²) in [6.07, 6.45) is 0. The summed E-state index contributed by atoms with van der Waals surface area (Å²) in [6.45, 7) is -0.191. The number of ether oxygens (including phenoxy) is 3. The van der Waals surface area contributed by atoms with Gasteiger partial charge in [-0.3, -0.25) is 4.79 Å². The van der Waals surface area contributed by atoms with Crippen LogP contribution in [0.3, 0.4) is 0 Å². The van der Waals surface area contributed by atoms with Gasteiger partial charge >= 0.3 is 5.97 Å². The molecule has 3 aromatic carbocycles. The molecule has 27 heavy (non-hydrogen) atoms. The van der Waals surface area contributed by atoms with Crippen LogP contribution in [0.15, 0.2) is 72.8 Å². The maximum atomic E-state index is 12.3. The number of esters is 1. The number of benzene rings is 3. The molecule has 0 bridgehead atoms. The highest BCUT2D eigenvalue weighted by atomic mass is 16.7. The predicted molar refractivity (Wildman–Crippen MR) is 99.1 cm³/mol. The zero-order valence-corrected chi connectivity index (χ0v) is 14.4. The molecule has 0 spiro atoms. The first-order chi connectivity index (χ1) is 13.2. The van der Waals surface area contributed by atoms with E-state index in [1.165, 1.54) is 0 Å². The van der Waals surface area contributed by atoms with Crippen LogP contribution in [0.25, 0.3) is 11.1 Å². The van der Waals surface area contributed by atoms with Crippen LogP contribution >= 0.6 is 0 Å². The third-order valence-corrected chi connectivity index (χ3v) is 4.26. The van der Waals surface area contributed by atoms with Crippen molar-refractivity contribution in [1.82, 2.24) is 0 Å². The van der Waals surface area contributed by atoms with E-state index in [0.29, 0.717) is 22.6 Å². The van der Waals surface area contributed by atoms with Gasteiger partial charge in [-0.1, -0.05) is 54.6 Å². The van der Waals surface area contributed by atoms with Gasteiger partial charge in [0.25, 0.3) is 0 Å². The molecule has 0 radical (unpaired) electrons. The molecule has 3 aromatic rings. The quantitative estimate of drug-likeness (QED) is 0.506. The number of fused-ring (bicyclic) bond motifs is 1. The lowest BCUT2D eigenvalue weighted by atomic mass is 10.0. The number of carbonyl (C=O) groups excluding carboxylic acids is 2. The minimum Gasteiger partial charge on any atom is -0.454 e. The summed E-state index contributed by atoms with van der Waals surface area (Å²) in [5.41, 5.74) is 2.90. The maximum absolute atomic E-state index is 12.3. The van der Waals surface area contributed by atoms with Gasteiger partial charge in [0, 0.05) is 5.56 Å². The van der Waals surface area contributed by atoms with E-state index in [1.54, 1.807) is 30.3 Å². The highest BCUT2D eigenvalue weighted by Crippen LogP contribution is 2.32. The number of ketones is 1. The van der Waals surface area contributed by atoms with Crippen molar-refractivity contribution in [2.75, 3.05) is 13.4 Å². The fourth-order valence-electron chi connectivity index (χ4n) is 2.80. The fraction of sp³-hybridized carbons (Fsp3) is 0.0909. The Morgan fingerprint density at radius 3 is 2.22 bits per heavy atom. The molecule has 134 valence electrons. The van der Waals surface area contributed by atoms with Gasteiger partial charge in [0.2, 0.25) is 6.79 Å². The molecule has 0 amide bonds. The van der Waals surface area contributed by atoms with Crippen LogP contribution in [0.5, 0.6) is 11.5 Å². The minimum atomic E-state index is -0.581. The van der Waals surface area contributed by atoms with E-state index in [1.807, 2.05) is 42.5 Å². The van der Waals surface area contributed by atoms with E-state index in [-0.39, 0.29) is 19.2 Å². The molecule has 0 aromatic heterocycles. The van der Waals surface area contributed by atoms with Crippen LogP contribution < -0.4 is 9.47 Å². The Kier molecular flexibility index (Phi) is 4.58. The lowest BCUT2D eigenvalue weighted by Gasteiger charge is -2.06. The molecule has 5 nitrogen and oxygen atoms in total. The lowest BCUT2D eigenvalue weighted by Crippen LogP contribution is -2.14. The highest BCUT2D eigenvalue weighted by Gasteiger charge is 2.18. The van der Waals surface area contributed by atoms with Gasteiger partial charge in [0.05, 0.1) is 5.56 Å².